The third-order valence-electron chi connectivity index (χ3n) is 3.88. The lowest BCUT2D eigenvalue weighted by Gasteiger charge is -2.29. The van der Waals surface area contributed by atoms with Crippen molar-refractivity contribution in [2.45, 2.75) is 12.8 Å². The molecule has 1 aromatic rings. The van der Waals surface area contributed by atoms with Gasteiger partial charge in [0.15, 0.2) is 0 Å². The average Bonchev–Trinajstić information content (AvgIpc) is 2.49. The molecule has 0 aromatic heterocycles. The molecule has 1 saturated heterocycles. The Balaban J connectivity index is 1.84. The van der Waals surface area contributed by atoms with Gasteiger partial charge in [-0.15, -0.1) is 0 Å². The molecule has 1 aromatic carbocycles. The summed E-state index contributed by atoms with van der Waals surface area (Å²) >= 11 is 0. The minimum absolute atomic E-state index is 0.448. The van der Waals surface area contributed by atoms with Crippen LogP contribution in [0.1, 0.15) is 12.8 Å². The highest BCUT2D eigenvalue weighted by molar-refractivity contribution is 5.31. The van der Waals surface area contributed by atoms with Crippen molar-refractivity contribution in [2.24, 2.45) is 17.6 Å². The molecule has 1 fully saturated rings. The predicted molar refractivity (Wildman–Crippen MR) is 76.6 cm³/mol. The molecule has 0 saturated carbocycles. The highest BCUT2D eigenvalue weighted by Gasteiger charge is 2.22. The minimum atomic E-state index is 0.448. The first-order chi connectivity index (χ1) is 9.33. The fraction of sp³-hybridized carbons (Fsp3) is 0.600. The number of benzene rings is 1. The van der Waals surface area contributed by atoms with Crippen LogP contribution in [0.25, 0.3) is 0 Å². The van der Waals surface area contributed by atoms with Crippen LogP contribution in [0.2, 0.25) is 0 Å². The van der Waals surface area contributed by atoms with Gasteiger partial charge in [-0.1, -0.05) is 0 Å². The molecule has 2 rings (SSSR count). The summed E-state index contributed by atoms with van der Waals surface area (Å²) in [6, 6.07) is 7.71. The zero-order valence-corrected chi connectivity index (χ0v) is 11.6. The second kappa shape index (κ2) is 7.36. The van der Waals surface area contributed by atoms with Crippen LogP contribution in [-0.2, 0) is 0 Å². The van der Waals surface area contributed by atoms with Gasteiger partial charge in [0, 0.05) is 5.92 Å². The van der Waals surface area contributed by atoms with Crippen molar-refractivity contribution in [3.8, 4) is 11.5 Å². The molecule has 0 amide bonds. The third-order valence-corrected chi connectivity index (χ3v) is 3.88. The van der Waals surface area contributed by atoms with E-state index in [0.717, 1.165) is 24.6 Å². The summed E-state index contributed by atoms with van der Waals surface area (Å²) in [5.74, 6) is 2.86. The van der Waals surface area contributed by atoms with E-state index in [4.69, 9.17) is 15.2 Å². The first kappa shape index (κ1) is 14.2. The van der Waals surface area contributed by atoms with Crippen molar-refractivity contribution in [3.63, 3.8) is 0 Å². The normalized spacial score (nSPS) is 18.0. The van der Waals surface area contributed by atoms with Crippen LogP contribution >= 0.6 is 0 Å². The molecule has 1 aliphatic rings. The molecule has 0 spiro atoms. The quantitative estimate of drug-likeness (QED) is 0.820. The Morgan fingerprint density at radius 2 is 1.84 bits per heavy atom. The van der Waals surface area contributed by atoms with Crippen molar-refractivity contribution in [2.75, 3.05) is 33.4 Å². The fourth-order valence-corrected chi connectivity index (χ4v) is 2.59. The van der Waals surface area contributed by atoms with Gasteiger partial charge in [0.2, 0.25) is 0 Å². The fourth-order valence-electron chi connectivity index (χ4n) is 2.59. The van der Waals surface area contributed by atoms with Gasteiger partial charge < -0.3 is 20.5 Å². The molecular weight excluding hydrogens is 240 g/mol. The summed E-state index contributed by atoms with van der Waals surface area (Å²) in [6.07, 6.45) is 2.40. The number of rotatable bonds is 6. The summed E-state index contributed by atoms with van der Waals surface area (Å²) < 4.78 is 11.0. The highest BCUT2D eigenvalue weighted by Crippen LogP contribution is 2.23. The molecule has 1 atom stereocenters. The van der Waals surface area contributed by atoms with E-state index >= 15 is 0 Å². The monoisotopic (exact) mass is 264 g/mol. The Kier molecular flexibility index (Phi) is 5.48. The van der Waals surface area contributed by atoms with E-state index < -0.39 is 0 Å². The van der Waals surface area contributed by atoms with Gasteiger partial charge >= 0.3 is 0 Å². The lowest BCUT2D eigenvalue weighted by Crippen LogP contribution is -2.37. The Bertz CT molecular complexity index is 361. The predicted octanol–water partition coefficient (Wildman–Crippen LogP) is 1.65. The molecule has 1 heterocycles. The van der Waals surface area contributed by atoms with Crippen LogP contribution in [0.4, 0.5) is 0 Å². The Hall–Kier alpha value is -1.26. The molecule has 19 heavy (non-hydrogen) atoms. The number of hydrogen-bond acceptors (Lipinski definition) is 4. The lowest BCUT2D eigenvalue weighted by molar-refractivity contribution is 0.172. The molecule has 0 aliphatic carbocycles. The van der Waals surface area contributed by atoms with Crippen LogP contribution < -0.4 is 20.5 Å². The maximum Gasteiger partial charge on any atom is 0.119 e. The van der Waals surface area contributed by atoms with Gasteiger partial charge in [-0.25, -0.2) is 0 Å². The van der Waals surface area contributed by atoms with Crippen molar-refractivity contribution < 1.29 is 9.47 Å². The molecule has 3 N–H and O–H groups in total. The summed E-state index contributed by atoms with van der Waals surface area (Å²) in [5, 5.41) is 3.38. The number of ether oxygens (including phenoxy) is 2. The molecule has 0 radical (unpaired) electrons. The van der Waals surface area contributed by atoms with Crippen molar-refractivity contribution in [1.29, 1.82) is 0 Å². The van der Waals surface area contributed by atoms with Crippen molar-refractivity contribution in [1.82, 2.24) is 5.32 Å². The largest absolute Gasteiger partial charge is 0.497 e. The number of nitrogens with one attached hydrogen (secondary N) is 1. The summed E-state index contributed by atoms with van der Waals surface area (Å²) in [7, 11) is 1.66. The molecule has 1 aliphatic heterocycles. The SMILES string of the molecule is COc1ccc(OCC(CN)C2CCNCC2)cc1. The summed E-state index contributed by atoms with van der Waals surface area (Å²) in [4.78, 5) is 0. The maximum atomic E-state index is 5.89. The maximum absolute atomic E-state index is 5.89. The first-order valence-electron chi connectivity index (χ1n) is 7.01. The number of piperidine rings is 1. The van der Waals surface area contributed by atoms with E-state index in [9.17, 15) is 0 Å². The number of nitrogens with two attached hydrogens (primary N) is 1. The highest BCUT2D eigenvalue weighted by atomic mass is 16.5. The van der Waals surface area contributed by atoms with E-state index in [-0.39, 0.29) is 0 Å². The third kappa shape index (κ3) is 4.11. The second-order valence-electron chi connectivity index (χ2n) is 5.07. The molecule has 4 nitrogen and oxygen atoms in total. The van der Waals surface area contributed by atoms with Gasteiger partial charge in [0.05, 0.1) is 13.7 Å². The van der Waals surface area contributed by atoms with Crippen LogP contribution in [0.5, 0.6) is 11.5 Å². The van der Waals surface area contributed by atoms with Gasteiger partial charge in [0.1, 0.15) is 11.5 Å². The number of hydrogen-bond donors (Lipinski definition) is 2. The first-order valence-corrected chi connectivity index (χ1v) is 7.01. The topological polar surface area (TPSA) is 56.5 Å². The standard InChI is InChI=1S/C15H24N2O2/c1-18-14-2-4-15(5-3-14)19-11-13(10-16)12-6-8-17-9-7-12/h2-5,12-13,17H,6-11,16H2,1H3. The van der Waals surface area contributed by atoms with Gasteiger partial charge in [-0.2, -0.15) is 0 Å². The average molecular weight is 264 g/mol. The van der Waals surface area contributed by atoms with Gasteiger partial charge in [-0.3, -0.25) is 0 Å². The molecular formula is C15H24N2O2. The van der Waals surface area contributed by atoms with Crippen molar-refractivity contribution in [3.05, 3.63) is 24.3 Å². The summed E-state index contributed by atoms with van der Waals surface area (Å²) in [5.41, 5.74) is 5.89. The van der Waals surface area contributed by atoms with E-state index in [1.54, 1.807) is 7.11 Å². The summed E-state index contributed by atoms with van der Waals surface area (Å²) in [6.45, 7) is 3.60. The second-order valence-corrected chi connectivity index (χ2v) is 5.07. The minimum Gasteiger partial charge on any atom is -0.497 e. The van der Waals surface area contributed by atoms with E-state index in [2.05, 4.69) is 5.32 Å². The smallest absolute Gasteiger partial charge is 0.119 e. The van der Waals surface area contributed by atoms with Crippen LogP contribution in [-0.4, -0.2) is 33.4 Å². The molecule has 0 bridgehead atoms. The van der Waals surface area contributed by atoms with Crippen LogP contribution in [0.3, 0.4) is 0 Å². The van der Waals surface area contributed by atoms with Crippen LogP contribution in [0.15, 0.2) is 24.3 Å². The Labute approximate surface area is 115 Å². The van der Waals surface area contributed by atoms with Gasteiger partial charge in [0.25, 0.3) is 0 Å². The molecule has 106 valence electrons. The van der Waals surface area contributed by atoms with Crippen molar-refractivity contribution >= 4 is 0 Å². The number of methoxy groups -OCH3 is 1. The zero-order chi connectivity index (χ0) is 13.5. The lowest BCUT2D eigenvalue weighted by atomic mass is 9.85. The van der Waals surface area contributed by atoms with E-state index in [1.165, 1.54) is 12.8 Å². The molecule has 4 heteroatoms. The molecule has 1 unspecified atom stereocenters. The van der Waals surface area contributed by atoms with E-state index in [0.29, 0.717) is 25.0 Å². The van der Waals surface area contributed by atoms with Crippen LogP contribution in [0, 0.1) is 11.8 Å². The Morgan fingerprint density at radius 1 is 1.21 bits per heavy atom. The zero-order valence-electron chi connectivity index (χ0n) is 11.6. The van der Waals surface area contributed by atoms with E-state index in [1.807, 2.05) is 24.3 Å². The Morgan fingerprint density at radius 3 is 2.42 bits per heavy atom. The van der Waals surface area contributed by atoms with Gasteiger partial charge in [-0.05, 0) is 62.7 Å².